The van der Waals surface area contributed by atoms with Crippen LogP contribution in [0.4, 0.5) is 17.2 Å². The van der Waals surface area contributed by atoms with E-state index in [0.717, 1.165) is 17.2 Å². The van der Waals surface area contributed by atoms with E-state index in [1.165, 1.54) is 71.6 Å². The Labute approximate surface area is 297 Å². The summed E-state index contributed by atoms with van der Waals surface area (Å²) >= 11 is 0. The zero-order valence-corrected chi connectivity index (χ0v) is 28.6. The fourth-order valence-corrected chi connectivity index (χ4v) is 8.44. The third-order valence-corrected chi connectivity index (χ3v) is 10.8. The van der Waals surface area contributed by atoms with E-state index in [9.17, 15) is 0 Å². The van der Waals surface area contributed by atoms with Crippen molar-refractivity contribution in [3.05, 3.63) is 187 Å². The second kappa shape index (κ2) is 11.3. The molecule has 9 aromatic rings. The lowest BCUT2D eigenvalue weighted by molar-refractivity contribution is 0.660. The van der Waals surface area contributed by atoms with Gasteiger partial charge in [0.25, 0.3) is 0 Å². The smallest absolute Gasteiger partial charge is 0.137 e. The van der Waals surface area contributed by atoms with E-state index in [0.29, 0.717) is 0 Å². The maximum Gasteiger partial charge on any atom is 0.137 e. The van der Waals surface area contributed by atoms with Gasteiger partial charge in [-0.1, -0.05) is 123 Å². The summed E-state index contributed by atoms with van der Waals surface area (Å²) < 4.78 is 2.37. The average Bonchev–Trinajstić information content (AvgIpc) is 3.64. The summed E-state index contributed by atoms with van der Waals surface area (Å²) in [4.78, 5) is 7.22. The molecule has 0 fully saturated rings. The molecule has 1 aliphatic rings. The van der Waals surface area contributed by atoms with Gasteiger partial charge in [0, 0.05) is 39.1 Å². The molecule has 0 unspecified atom stereocenters. The van der Waals surface area contributed by atoms with Crippen molar-refractivity contribution in [1.29, 1.82) is 0 Å². The van der Waals surface area contributed by atoms with E-state index in [1.807, 2.05) is 12.3 Å². The van der Waals surface area contributed by atoms with Crippen LogP contribution in [-0.4, -0.2) is 9.55 Å². The molecule has 2 aromatic heterocycles. The van der Waals surface area contributed by atoms with Gasteiger partial charge in [0.2, 0.25) is 0 Å². The van der Waals surface area contributed by atoms with Gasteiger partial charge in [-0.3, -0.25) is 4.90 Å². The van der Waals surface area contributed by atoms with Gasteiger partial charge in [-0.15, -0.1) is 0 Å². The first kappa shape index (κ1) is 29.5. The van der Waals surface area contributed by atoms with E-state index >= 15 is 0 Å². The highest BCUT2D eigenvalue weighted by molar-refractivity contribution is 6.12. The molecule has 51 heavy (non-hydrogen) atoms. The molecule has 3 nitrogen and oxygen atoms in total. The van der Waals surface area contributed by atoms with Crippen molar-refractivity contribution in [2.24, 2.45) is 0 Å². The number of para-hydroxylation sites is 2. The van der Waals surface area contributed by atoms with Crippen LogP contribution in [-0.2, 0) is 5.41 Å². The second-order valence-electron chi connectivity index (χ2n) is 14.0. The zero-order chi connectivity index (χ0) is 34.1. The number of rotatable bonds is 5. The second-order valence-corrected chi connectivity index (χ2v) is 14.0. The molecule has 0 saturated carbocycles. The Morgan fingerprint density at radius 3 is 2.02 bits per heavy atom. The van der Waals surface area contributed by atoms with Crippen molar-refractivity contribution in [2.45, 2.75) is 19.3 Å². The Bertz CT molecular complexity index is 2780. The van der Waals surface area contributed by atoms with Gasteiger partial charge in [0.15, 0.2) is 0 Å². The monoisotopic (exact) mass is 653 g/mol. The Morgan fingerprint density at radius 1 is 0.490 bits per heavy atom. The van der Waals surface area contributed by atoms with Crippen LogP contribution < -0.4 is 4.90 Å². The lowest BCUT2D eigenvalue weighted by atomic mass is 9.82. The Balaban J connectivity index is 1.16. The fourth-order valence-electron chi connectivity index (χ4n) is 8.44. The summed E-state index contributed by atoms with van der Waals surface area (Å²) in [6, 6.07) is 61.6. The lowest BCUT2D eigenvalue weighted by Crippen LogP contribution is -2.17. The minimum atomic E-state index is -0.105. The molecule has 0 radical (unpaired) electrons. The number of pyridine rings is 1. The number of fused-ring (bicyclic) bond motifs is 7. The number of hydrogen-bond acceptors (Lipinski definition) is 2. The number of nitrogens with zero attached hydrogens (tertiary/aromatic N) is 3. The molecule has 0 saturated heterocycles. The van der Waals surface area contributed by atoms with E-state index in [-0.39, 0.29) is 5.41 Å². The third kappa shape index (κ3) is 4.48. The highest BCUT2D eigenvalue weighted by Crippen LogP contribution is 2.51. The molecule has 3 heteroatoms. The van der Waals surface area contributed by atoms with E-state index < -0.39 is 0 Å². The van der Waals surface area contributed by atoms with Crippen molar-refractivity contribution < 1.29 is 0 Å². The summed E-state index contributed by atoms with van der Waals surface area (Å²) in [5.74, 6) is 0.888. The first-order valence-electron chi connectivity index (χ1n) is 17.6. The predicted octanol–water partition coefficient (Wildman–Crippen LogP) is 12.8. The normalized spacial score (nSPS) is 13.1. The molecule has 0 bridgehead atoms. The first-order valence-corrected chi connectivity index (χ1v) is 17.6. The van der Waals surface area contributed by atoms with Crippen LogP contribution in [0.1, 0.15) is 25.0 Å². The fraction of sp³-hybridized carbons (Fsp3) is 0.0625. The number of anilines is 3. The standard InChI is InChI=1S/C48H35N3/c1-48(2)42-20-10-8-17-37(42)38-25-24-34(31-43(38)48)51(47-22-12-13-29-49-47)45-28-26-35(36-16-6-7-18-39(36)45)32-23-27-46-41(30-32)40-19-9-11-21-44(40)50(46)33-14-4-3-5-15-33/h3-31H,1-2H3. The summed E-state index contributed by atoms with van der Waals surface area (Å²) in [6.45, 7) is 4.68. The topological polar surface area (TPSA) is 21.1 Å². The van der Waals surface area contributed by atoms with Gasteiger partial charge >= 0.3 is 0 Å². The SMILES string of the molecule is CC1(C)c2ccccc2-c2ccc(N(c3ccccn3)c3ccc(-c4ccc5c(c4)c4ccccc4n5-c4ccccc4)c4ccccc34)cc21. The number of benzene rings is 7. The number of aromatic nitrogens is 2. The van der Waals surface area contributed by atoms with E-state index in [1.54, 1.807) is 0 Å². The minimum Gasteiger partial charge on any atom is -0.309 e. The van der Waals surface area contributed by atoms with Crippen LogP contribution in [0.5, 0.6) is 0 Å². The minimum absolute atomic E-state index is 0.105. The van der Waals surface area contributed by atoms with Crippen molar-refractivity contribution in [1.82, 2.24) is 9.55 Å². The number of hydrogen-bond donors (Lipinski definition) is 0. The van der Waals surface area contributed by atoms with Crippen molar-refractivity contribution >= 4 is 49.8 Å². The van der Waals surface area contributed by atoms with Crippen LogP contribution in [0.2, 0.25) is 0 Å². The summed E-state index contributed by atoms with van der Waals surface area (Å²) in [6.07, 6.45) is 1.88. The van der Waals surface area contributed by atoms with Crippen LogP contribution in [0.25, 0.3) is 60.5 Å². The molecular formula is C48H35N3. The zero-order valence-electron chi connectivity index (χ0n) is 28.6. The summed E-state index contributed by atoms with van der Waals surface area (Å²) in [7, 11) is 0. The molecule has 1 aliphatic carbocycles. The van der Waals surface area contributed by atoms with Crippen LogP contribution in [0, 0.1) is 0 Å². The van der Waals surface area contributed by atoms with Crippen LogP contribution in [0.15, 0.2) is 176 Å². The molecule has 0 spiro atoms. The molecule has 0 aliphatic heterocycles. The first-order chi connectivity index (χ1) is 25.1. The van der Waals surface area contributed by atoms with Gasteiger partial charge in [0.05, 0.1) is 16.7 Å². The van der Waals surface area contributed by atoms with Crippen LogP contribution >= 0.6 is 0 Å². The molecule has 10 rings (SSSR count). The quantitative estimate of drug-likeness (QED) is 0.184. The maximum absolute atomic E-state index is 4.90. The van der Waals surface area contributed by atoms with Crippen LogP contribution in [0.3, 0.4) is 0 Å². The van der Waals surface area contributed by atoms with Gasteiger partial charge in [-0.25, -0.2) is 4.98 Å². The van der Waals surface area contributed by atoms with Gasteiger partial charge in [-0.2, -0.15) is 0 Å². The summed E-state index contributed by atoms with van der Waals surface area (Å²) in [5.41, 5.74) is 13.4. The van der Waals surface area contributed by atoms with E-state index in [2.05, 4.69) is 187 Å². The molecule has 0 N–H and O–H groups in total. The molecule has 7 aromatic carbocycles. The predicted molar refractivity (Wildman–Crippen MR) is 214 cm³/mol. The largest absolute Gasteiger partial charge is 0.309 e. The van der Waals surface area contributed by atoms with Crippen molar-refractivity contribution in [2.75, 3.05) is 4.90 Å². The lowest BCUT2D eigenvalue weighted by Gasteiger charge is -2.28. The Kier molecular flexibility index (Phi) is 6.53. The third-order valence-electron chi connectivity index (χ3n) is 10.8. The molecule has 0 amide bonds. The van der Waals surface area contributed by atoms with Gasteiger partial charge in [-0.05, 0) is 99.4 Å². The Hall–Kier alpha value is -6.45. The molecule has 0 atom stereocenters. The summed E-state index contributed by atoms with van der Waals surface area (Å²) in [5, 5.41) is 4.88. The maximum atomic E-state index is 4.90. The van der Waals surface area contributed by atoms with Crippen molar-refractivity contribution in [3.63, 3.8) is 0 Å². The molecule has 2 heterocycles. The van der Waals surface area contributed by atoms with E-state index in [4.69, 9.17) is 4.98 Å². The molecule has 242 valence electrons. The van der Waals surface area contributed by atoms with Gasteiger partial charge in [0.1, 0.15) is 5.82 Å². The average molecular weight is 654 g/mol. The highest BCUT2D eigenvalue weighted by Gasteiger charge is 2.36. The Morgan fingerprint density at radius 2 is 1.18 bits per heavy atom. The van der Waals surface area contributed by atoms with Gasteiger partial charge < -0.3 is 4.57 Å². The molecular weight excluding hydrogens is 619 g/mol. The highest BCUT2D eigenvalue weighted by atomic mass is 15.2. The van der Waals surface area contributed by atoms with Crippen molar-refractivity contribution in [3.8, 4) is 27.9 Å².